The summed E-state index contributed by atoms with van der Waals surface area (Å²) in [6.07, 6.45) is 3.29. The van der Waals surface area contributed by atoms with Crippen LogP contribution in [0.3, 0.4) is 0 Å². The molecule has 6 nitrogen and oxygen atoms in total. The first kappa shape index (κ1) is 15.1. The molecule has 20 heavy (non-hydrogen) atoms. The molecule has 0 aliphatic heterocycles. The summed E-state index contributed by atoms with van der Waals surface area (Å²) in [5.74, 6) is 6.53. The zero-order valence-electron chi connectivity index (χ0n) is 11.9. The van der Waals surface area contributed by atoms with Gasteiger partial charge in [0, 0.05) is 12.1 Å². The van der Waals surface area contributed by atoms with Crippen LogP contribution in [0, 0.1) is 6.92 Å². The molecule has 0 bridgehead atoms. The lowest BCUT2D eigenvalue weighted by Crippen LogP contribution is -2.32. The Bertz CT molecular complexity index is 563. The van der Waals surface area contributed by atoms with Gasteiger partial charge in [-0.1, -0.05) is 11.6 Å². The molecule has 0 radical (unpaired) electrons. The number of likely N-dealkylation sites (N-methyl/N-ethyl adjacent to an activating group) is 1. The predicted octanol–water partition coefficient (Wildman–Crippen LogP) is 1.55. The van der Waals surface area contributed by atoms with Gasteiger partial charge in [0.1, 0.15) is 5.76 Å². The Hall–Kier alpha value is -1.34. The number of rotatable bonds is 6. The van der Waals surface area contributed by atoms with Gasteiger partial charge in [-0.2, -0.15) is 5.10 Å². The minimum Gasteiger partial charge on any atom is -0.469 e. The van der Waals surface area contributed by atoms with Gasteiger partial charge in [-0.3, -0.25) is 10.5 Å². The van der Waals surface area contributed by atoms with Crippen molar-refractivity contribution in [2.75, 3.05) is 20.6 Å². The van der Waals surface area contributed by atoms with E-state index in [1.54, 1.807) is 12.5 Å². The van der Waals surface area contributed by atoms with E-state index in [-0.39, 0.29) is 6.04 Å². The zero-order chi connectivity index (χ0) is 14.7. The van der Waals surface area contributed by atoms with Crippen LogP contribution in [-0.2, 0) is 6.54 Å². The van der Waals surface area contributed by atoms with Gasteiger partial charge in [-0.05, 0) is 27.1 Å². The van der Waals surface area contributed by atoms with Gasteiger partial charge >= 0.3 is 0 Å². The summed E-state index contributed by atoms with van der Waals surface area (Å²) in [5, 5.41) is 4.92. The van der Waals surface area contributed by atoms with Crippen molar-refractivity contribution >= 4 is 11.6 Å². The maximum Gasteiger partial charge on any atom is 0.105 e. The number of nitrogens with zero attached hydrogens (tertiary/aromatic N) is 3. The molecule has 0 aliphatic carbocycles. The summed E-state index contributed by atoms with van der Waals surface area (Å²) in [5.41, 5.74) is 4.60. The molecule has 0 saturated carbocycles. The Labute approximate surface area is 123 Å². The van der Waals surface area contributed by atoms with Gasteiger partial charge in [-0.25, -0.2) is 5.43 Å². The molecule has 2 heterocycles. The van der Waals surface area contributed by atoms with Gasteiger partial charge in [-0.15, -0.1) is 0 Å². The van der Waals surface area contributed by atoms with Gasteiger partial charge < -0.3 is 9.32 Å². The van der Waals surface area contributed by atoms with Gasteiger partial charge in [0.15, 0.2) is 0 Å². The van der Waals surface area contributed by atoms with E-state index in [0.717, 1.165) is 30.1 Å². The Balaban J connectivity index is 2.34. The highest BCUT2D eigenvalue weighted by Crippen LogP contribution is 2.30. The number of nitrogens with one attached hydrogen (secondary N) is 1. The summed E-state index contributed by atoms with van der Waals surface area (Å²) in [6.45, 7) is 3.50. The summed E-state index contributed by atoms with van der Waals surface area (Å²) >= 11 is 6.28. The number of hydrazine groups is 1. The highest BCUT2D eigenvalue weighted by molar-refractivity contribution is 6.31. The predicted molar refractivity (Wildman–Crippen MR) is 78.4 cm³/mol. The van der Waals surface area contributed by atoms with Crippen LogP contribution in [0.2, 0.25) is 5.02 Å². The molecule has 0 amide bonds. The van der Waals surface area contributed by atoms with Crippen molar-refractivity contribution in [1.29, 1.82) is 0 Å². The quantitative estimate of drug-likeness (QED) is 0.625. The number of aromatic nitrogens is 2. The molecular weight excluding hydrogens is 278 g/mol. The number of hydrogen-bond acceptors (Lipinski definition) is 5. The molecule has 7 heteroatoms. The second-order valence-electron chi connectivity index (χ2n) is 4.94. The average molecular weight is 298 g/mol. The van der Waals surface area contributed by atoms with Crippen molar-refractivity contribution in [2.24, 2.45) is 5.84 Å². The smallest absolute Gasteiger partial charge is 0.105 e. The second-order valence-corrected chi connectivity index (χ2v) is 5.34. The van der Waals surface area contributed by atoms with E-state index in [4.69, 9.17) is 21.9 Å². The Morgan fingerprint density at radius 1 is 1.55 bits per heavy atom. The van der Waals surface area contributed by atoms with Crippen LogP contribution in [0.15, 0.2) is 22.9 Å². The normalized spacial score (nSPS) is 13.1. The number of aryl methyl sites for hydroxylation is 1. The molecule has 1 atom stereocenters. The largest absolute Gasteiger partial charge is 0.469 e. The Kier molecular flexibility index (Phi) is 4.82. The average Bonchev–Trinajstić information content (AvgIpc) is 2.97. The van der Waals surface area contributed by atoms with Crippen LogP contribution < -0.4 is 11.3 Å². The molecule has 0 aliphatic rings. The first-order chi connectivity index (χ1) is 9.54. The number of furan rings is 1. The molecule has 2 rings (SSSR count). The van der Waals surface area contributed by atoms with Crippen molar-refractivity contribution in [3.05, 3.63) is 40.6 Å². The molecule has 0 aromatic carbocycles. The third-order valence-electron chi connectivity index (χ3n) is 3.24. The van der Waals surface area contributed by atoms with E-state index in [0.29, 0.717) is 5.02 Å². The summed E-state index contributed by atoms with van der Waals surface area (Å²) in [4.78, 5) is 2.09. The maximum absolute atomic E-state index is 6.28. The van der Waals surface area contributed by atoms with Crippen molar-refractivity contribution < 1.29 is 4.42 Å². The molecule has 2 aromatic rings. The van der Waals surface area contributed by atoms with E-state index in [9.17, 15) is 0 Å². The molecule has 0 fully saturated rings. The zero-order valence-corrected chi connectivity index (χ0v) is 12.7. The molecule has 3 N–H and O–H groups in total. The van der Waals surface area contributed by atoms with Crippen LogP contribution in [0.4, 0.5) is 0 Å². The lowest BCUT2D eigenvalue weighted by atomic mass is 10.1. The second kappa shape index (κ2) is 6.41. The highest BCUT2D eigenvalue weighted by Gasteiger charge is 2.23. The number of nitrogens with two attached hydrogens (primary N) is 1. The molecule has 0 saturated heterocycles. The number of halogens is 1. The Morgan fingerprint density at radius 2 is 2.30 bits per heavy atom. The standard InChI is InChI=1S/C13H20ClN5O/c1-9-10(4-7-20-9)12(17-15)13-11(14)8-16-19(13)6-5-18(2)3/h4,7-8,12,17H,5-6,15H2,1-3H3. The first-order valence-electron chi connectivity index (χ1n) is 6.40. The topological polar surface area (TPSA) is 72.2 Å². The monoisotopic (exact) mass is 297 g/mol. The van der Waals surface area contributed by atoms with E-state index in [1.807, 2.05) is 31.8 Å². The lowest BCUT2D eigenvalue weighted by Gasteiger charge is -2.19. The SMILES string of the molecule is Cc1occc1C(NN)c1c(Cl)cnn1CCN(C)C. The van der Waals surface area contributed by atoms with E-state index in [2.05, 4.69) is 15.4 Å². The van der Waals surface area contributed by atoms with E-state index < -0.39 is 0 Å². The highest BCUT2D eigenvalue weighted by atomic mass is 35.5. The third-order valence-corrected chi connectivity index (χ3v) is 3.53. The van der Waals surface area contributed by atoms with Gasteiger partial charge in [0.05, 0.1) is 35.8 Å². The molecule has 110 valence electrons. The van der Waals surface area contributed by atoms with Crippen molar-refractivity contribution in [1.82, 2.24) is 20.1 Å². The van der Waals surface area contributed by atoms with Crippen LogP contribution in [-0.4, -0.2) is 35.3 Å². The summed E-state index contributed by atoms with van der Waals surface area (Å²) < 4.78 is 7.22. The fraction of sp³-hybridized carbons (Fsp3) is 0.462. The van der Waals surface area contributed by atoms with Crippen LogP contribution in [0.5, 0.6) is 0 Å². The van der Waals surface area contributed by atoms with E-state index >= 15 is 0 Å². The molecule has 1 unspecified atom stereocenters. The third kappa shape index (κ3) is 3.04. The Morgan fingerprint density at radius 3 is 2.85 bits per heavy atom. The number of hydrogen-bond donors (Lipinski definition) is 2. The van der Waals surface area contributed by atoms with Crippen LogP contribution in [0.25, 0.3) is 0 Å². The minimum absolute atomic E-state index is 0.245. The molecule has 2 aromatic heterocycles. The molecule has 0 spiro atoms. The van der Waals surface area contributed by atoms with Crippen molar-refractivity contribution in [3.63, 3.8) is 0 Å². The lowest BCUT2D eigenvalue weighted by molar-refractivity contribution is 0.365. The summed E-state index contributed by atoms with van der Waals surface area (Å²) in [6, 6.07) is 1.64. The molecular formula is C13H20ClN5O. The van der Waals surface area contributed by atoms with Gasteiger partial charge in [0.2, 0.25) is 0 Å². The van der Waals surface area contributed by atoms with Crippen molar-refractivity contribution in [3.8, 4) is 0 Å². The minimum atomic E-state index is -0.245. The van der Waals surface area contributed by atoms with Gasteiger partial charge in [0.25, 0.3) is 0 Å². The first-order valence-corrected chi connectivity index (χ1v) is 6.78. The maximum atomic E-state index is 6.28. The fourth-order valence-corrected chi connectivity index (χ4v) is 2.39. The van der Waals surface area contributed by atoms with Crippen LogP contribution >= 0.6 is 11.6 Å². The van der Waals surface area contributed by atoms with E-state index in [1.165, 1.54) is 0 Å². The van der Waals surface area contributed by atoms with Crippen LogP contribution in [0.1, 0.15) is 23.1 Å². The fourth-order valence-electron chi connectivity index (χ4n) is 2.14. The van der Waals surface area contributed by atoms with Crippen molar-refractivity contribution in [2.45, 2.75) is 19.5 Å². The summed E-state index contributed by atoms with van der Waals surface area (Å²) in [7, 11) is 4.04.